The first-order chi connectivity index (χ1) is 25.1. The van der Waals surface area contributed by atoms with Gasteiger partial charge in [0.2, 0.25) is 0 Å². The van der Waals surface area contributed by atoms with E-state index < -0.39 is 0 Å². The number of phenols is 1. The summed E-state index contributed by atoms with van der Waals surface area (Å²) >= 11 is 0. The second-order valence-electron chi connectivity index (χ2n) is 16.7. The van der Waals surface area contributed by atoms with Crippen LogP contribution >= 0.6 is 0 Å². The summed E-state index contributed by atoms with van der Waals surface area (Å²) in [5, 5.41) is 13.0. The molecule has 0 saturated carbocycles. The van der Waals surface area contributed by atoms with E-state index >= 15 is 0 Å². The average molecular weight is 704 g/mol. The van der Waals surface area contributed by atoms with Gasteiger partial charge in [-0.05, 0) is 108 Å². The van der Waals surface area contributed by atoms with Crippen LogP contribution in [0.5, 0.6) is 5.75 Å². The molecule has 270 valence electrons. The van der Waals surface area contributed by atoms with E-state index in [2.05, 4.69) is 97.5 Å². The molecule has 7 aromatic rings. The Balaban J connectivity index is 1.56. The molecule has 0 radical (unpaired) electrons. The molecule has 7 rings (SSSR count). The Kier molecular flexibility index (Phi) is 9.09. The second kappa shape index (κ2) is 13.4. The summed E-state index contributed by atoms with van der Waals surface area (Å²) in [6.07, 6.45) is 4.52. The highest BCUT2D eigenvalue weighted by Crippen LogP contribution is 2.46. The summed E-state index contributed by atoms with van der Waals surface area (Å²) in [6, 6.07) is 26.7. The van der Waals surface area contributed by atoms with Crippen LogP contribution in [0.15, 0.2) is 95.7 Å². The number of aromatic hydroxyl groups is 1. The van der Waals surface area contributed by atoms with Crippen LogP contribution in [0, 0.1) is 19.8 Å². The lowest BCUT2D eigenvalue weighted by molar-refractivity contribution is 0.446. The minimum absolute atomic E-state index is 0.178. The molecule has 7 nitrogen and oxygen atoms in total. The molecule has 4 heterocycles. The number of hydrogen-bond donors (Lipinski definition) is 1. The molecule has 0 aliphatic carbocycles. The van der Waals surface area contributed by atoms with Gasteiger partial charge in [-0.25, -0.2) is 15.0 Å². The first-order valence-corrected chi connectivity index (χ1v) is 18.5. The summed E-state index contributed by atoms with van der Waals surface area (Å²) < 4.78 is 6.56. The molecule has 0 fully saturated rings. The molecule has 0 amide bonds. The summed E-state index contributed by atoms with van der Waals surface area (Å²) in [6.45, 7) is 21.6. The Morgan fingerprint density at radius 1 is 0.792 bits per heavy atom. The van der Waals surface area contributed by atoms with Crippen LogP contribution in [-0.2, 0) is 17.3 Å². The molecule has 0 aliphatic rings. The van der Waals surface area contributed by atoms with Crippen molar-refractivity contribution in [2.45, 2.75) is 86.5 Å². The lowest BCUT2D eigenvalue weighted by Gasteiger charge is -2.28. The molecule has 0 unspecified atom stereocenters. The van der Waals surface area contributed by atoms with Crippen LogP contribution in [-0.4, -0.2) is 25.0 Å². The Morgan fingerprint density at radius 3 is 2.23 bits per heavy atom. The molecule has 0 saturated heterocycles. The number of hydrogen-bond acceptors (Lipinski definition) is 7. The molecular formula is C46H49N5O2. The SMILES string of the molecule is Cc1ccnc(C)c1N(c1cc(CC(C)C)cc(-c2nc(-c3cc(C(C)(C)C)cc(C(C)(C)C)c3O)c3oc4ccccc4c3n2)c1)c1ccccn1. The number of para-hydroxylation sites is 1. The normalized spacial score (nSPS) is 12.3. The number of nitrogens with zero attached hydrogens (tertiary/aromatic N) is 5. The van der Waals surface area contributed by atoms with E-state index in [1.54, 1.807) is 0 Å². The van der Waals surface area contributed by atoms with Crippen LogP contribution in [0.3, 0.4) is 0 Å². The van der Waals surface area contributed by atoms with Gasteiger partial charge in [0.05, 0.1) is 11.4 Å². The maximum Gasteiger partial charge on any atom is 0.180 e. The molecule has 0 aliphatic heterocycles. The van der Waals surface area contributed by atoms with Gasteiger partial charge < -0.3 is 9.52 Å². The lowest BCUT2D eigenvalue weighted by atomic mass is 9.78. The van der Waals surface area contributed by atoms with Gasteiger partial charge in [-0.1, -0.05) is 79.7 Å². The third kappa shape index (κ3) is 6.88. The van der Waals surface area contributed by atoms with Crippen molar-refractivity contribution < 1.29 is 9.52 Å². The molecule has 3 aromatic carbocycles. The molecular weight excluding hydrogens is 655 g/mol. The van der Waals surface area contributed by atoms with Crippen molar-refractivity contribution in [1.29, 1.82) is 0 Å². The smallest absolute Gasteiger partial charge is 0.180 e. The van der Waals surface area contributed by atoms with E-state index in [0.717, 1.165) is 68.1 Å². The summed E-state index contributed by atoms with van der Waals surface area (Å²) in [7, 11) is 0. The maximum absolute atomic E-state index is 12.1. The Bertz CT molecular complexity index is 2450. The summed E-state index contributed by atoms with van der Waals surface area (Å²) in [5.41, 5.74) is 10.6. The van der Waals surface area contributed by atoms with Gasteiger partial charge in [-0.15, -0.1) is 0 Å². The average Bonchev–Trinajstić information content (AvgIpc) is 3.47. The molecule has 0 spiro atoms. The highest BCUT2D eigenvalue weighted by atomic mass is 16.3. The molecule has 53 heavy (non-hydrogen) atoms. The quantitative estimate of drug-likeness (QED) is 0.177. The van der Waals surface area contributed by atoms with Crippen molar-refractivity contribution >= 4 is 39.3 Å². The zero-order valence-corrected chi connectivity index (χ0v) is 32.5. The fourth-order valence-corrected chi connectivity index (χ4v) is 7.13. The van der Waals surface area contributed by atoms with Crippen molar-refractivity contribution in [2.75, 3.05) is 4.90 Å². The van der Waals surface area contributed by atoms with Gasteiger partial charge in [0.15, 0.2) is 11.4 Å². The van der Waals surface area contributed by atoms with Crippen LogP contribution in [0.1, 0.15) is 83.3 Å². The lowest BCUT2D eigenvalue weighted by Crippen LogP contribution is -2.17. The predicted octanol–water partition coefficient (Wildman–Crippen LogP) is 12.1. The van der Waals surface area contributed by atoms with E-state index in [4.69, 9.17) is 24.4 Å². The topological polar surface area (TPSA) is 88.2 Å². The van der Waals surface area contributed by atoms with Gasteiger partial charge >= 0.3 is 0 Å². The van der Waals surface area contributed by atoms with Crippen molar-refractivity contribution in [1.82, 2.24) is 19.9 Å². The molecule has 4 aromatic heterocycles. The number of fused-ring (bicyclic) bond motifs is 3. The van der Waals surface area contributed by atoms with Crippen molar-refractivity contribution in [2.24, 2.45) is 5.92 Å². The number of pyridine rings is 2. The highest BCUT2D eigenvalue weighted by Gasteiger charge is 2.29. The van der Waals surface area contributed by atoms with E-state index in [1.807, 2.05) is 67.8 Å². The van der Waals surface area contributed by atoms with E-state index in [1.165, 1.54) is 0 Å². The third-order valence-electron chi connectivity index (χ3n) is 9.81. The first-order valence-electron chi connectivity index (χ1n) is 18.5. The molecule has 0 bridgehead atoms. The van der Waals surface area contributed by atoms with E-state index in [-0.39, 0.29) is 16.6 Å². The predicted molar refractivity (Wildman–Crippen MR) is 218 cm³/mol. The number of furan rings is 1. The number of phenolic OH excluding ortho intramolecular Hbond substituents is 1. The number of anilines is 3. The number of rotatable bonds is 7. The van der Waals surface area contributed by atoms with Gasteiger partial charge in [0, 0.05) is 40.2 Å². The highest BCUT2D eigenvalue weighted by molar-refractivity contribution is 6.07. The third-order valence-corrected chi connectivity index (χ3v) is 9.81. The fraction of sp³-hybridized carbons (Fsp3) is 0.304. The Hall–Kier alpha value is -5.56. The largest absolute Gasteiger partial charge is 0.507 e. The van der Waals surface area contributed by atoms with Crippen molar-refractivity contribution in [3.63, 3.8) is 0 Å². The van der Waals surface area contributed by atoms with Crippen LogP contribution in [0.25, 0.3) is 44.7 Å². The van der Waals surface area contributed by atoms with E-state index in [0.29, 0.717) is 34.1 Å². The van der Waals surface area contributed by atoms with Gasteiger partial charge in [0.25, 0.3) is 0 Å². The second-order valence-corrected chi connectivity index (χ2v) is 16.7. The van der Waals surface area contributed by atoms with Crippen LogP contribution in [0.4, 0.5) is 17.2 Å². The van der Waals surface area contributed by atoms with Gasteiger partial charge in [-0.2, -0.15) is 0 Å². The number of aromatic nitrogens is 4. The van der Waals surface area contributed by atoms with Gasteiger partial charge in [0.1, 0.15) is 28.4 Å². The number of aryl methyl sites for hydroxylation is 2. The minimum atomic E-state index is -0.319. The van der Waals surface area contributed by atoms with Crippen LogP contribution in [0.2, 0.25) is 0 Å². The van der Waals surface area contributed by atoms with E-state index in [9.17, 15) is 5.11 Å². The van der Waals surface area contributed by atoms with Crippen LogP contribution < -0.4 is 4.90 Å². The Labute approximate surface area is 312 Å². The maximum atomic E-state index is 12.1. The van der Waals surface area contributed by atoms with Crippen molar-refractivity contribution in [3.8, 4) is 28.4 Å². The summed E-state index contributed by atoms with van der Waals surface area (Å²) in [5.74, 6) is 1.95. The molecule has 1 N–H and O–H groups in total. The fourth-order valence-electron chi connectivity index (χ4n) is 7.13. The minimum Gasteiger partial charge on any atom is -0.507 e. The molecule has 7 heteroatoms. The number of benzene rings is 3. The monoisotopic (exact) mass is 703 g/mol. The molecule has 0 atom stereocenters. The van der Waals surface area contributed by atoms with Gasteiger partial charge in [-0.3, -0.25) is 9.88 Å². The zero-order chi connectivity index (χ0) is 37.8. The Morgan fingerprint density at radius 2 is 1.55 bits per heavy atom. The zero-order valence-electron chi connectivity index (χ0n) is 32.5. The summed E-state index contributed by atoms with van der Waals surface area (Å²) in [4.78, 5) is 22.3. The standard InChI is InChI=1S/C46H49N5O2/c1-27(2)21-30-22-31(24-33(23-30)51(38-17-13-14-19-48-38)41-28(3)18-20-47-29(41)4)44-49-39-34-15-11-12-16-37(34)53-43(39)40(50-44)35-25-32(45(5,6)7)26-36(42(35)52)46(8,9)10/h11-20,22-27,52H,21H2,1-10H3. The first kappa shape index (κ1) is 35.8. The van der Waals surface area contributed by atoms with Crippen molar-refractivity contribution in [3.05, 3.63) is 119 Å².